The molecule has 0 saturated heterocycles. The molecular formula is C16H24N5+. The molecule has 0 amide bonds. The van der Waals surface area contributed by atoms with Gasteiger partial charge in [-0.2, -0.15) is 0 Å². The fourth-order valence-electron chi connectivity index (χ4n) is 3.36. The highest BCUT2D eigenvalue weighted by molar-refractivity contribution is 5.22. The highest BCUT2D eigenvalue weighted by Crippen LogP contribution is 2.29. The van der Waals surface area contributed by atoms with Crippen molar-refractivity contribution in [3.05, 3.63) is 41.7 Å². The minimum atomic E-state index is 0.183. The van der Waals surface area contributed by atoms with Crippen LogP contribution in [0.5, 0.6) is 0 Å². The van der Waals surface area contributed by atoms with E-state index < -0.39 is 0 Å². The smallest absolute Gasteiger partial charge is 0.214 e. The summed E-state index contributed by atoms with van der Waals surface area (Å²) in [6, 6.07) is 11.2. The standard InChI is InChI=1S/C16H23N5/c1-20(2)15(13-9-5-3-6-10-13)16-17-18-19-21(16)14-11-7-4-8-12-14/h3,5-6,9-10,14-15H,4,7-8,11-12H2,1-2H3/p+1/t15-/m0/s1. The van der Waals surface area contributed by atoms with Crippen LogP contribution in [0.25, 0.3) is 0 Å². The van der Waals surface area contributed by atoms with Gasteiger partial charge < -0.3 is 4.90 Å². The van der Waals surface area contributed by atoms with E-state index in [9.17, 15) is 0 Å². The minimum Gasteiger partial charge on any atom is -0.327 e. The molecule has 1 aliphatic carbocycles. The molecule has 1 N–H and O–H groups in total. The van der Waals surface area contributed by atoms with Gasteiger partial charge in [0.2, 0.25) is 5.82 Å². The normalized spacial score (nSPS) is 18.0. The summed E-state index contributed by atoms with van der Waals surface area (Å²) in [6.07, 6.45) is 6.31. The quantitative estimate of drug-likeness (QED) is 0.924. The fourth-order valence-corrected chi connectivity index (χ4v) is 3.36. The zero-order valence-corrected chi connectivity index (χ0v) is 12.9. The minimum absolute atomic E-state index is 0.183. The molecule has 1 heterocycles. The van der Waals surface area contributed by atoms with Gasteiger partial charge in [-0.1, -0.05) is 49.6 Å². The highest BCUT2D eigenvalue weighted by atomic mass is 15.6. The molecule has 1 aromatic carbocycles. The van der Waals surface area contributed by atoms with E-state index in [4.69, 9.17) is 0 Å². The van der Waals surface area contributed by atoms with Gasteiger partial charge in [0.05, 0.1) is 20.1 Å². The van der Waals surface area contributed by atoms with E-state index in [0.717, 1.165) is 5.82 Å². The molecule has 1 atom stereocenters. The lowest BCUT2D eigenvalue weighted by molar-refractivity contribution is -0.886. The van der Waals surface area contributed by atoms with E-state index in [1.165, 1.54) is 42.6 Å². The lowest BCUT2D eigenvalue weighted by Gasteiger charge is -2.26. The highest BCUT2D eigenvalue weighted by Gasteiger charge is 2.30. The molecule has 0 aliphatic heterocycles. The van der Waals surface area contributed by atoms with Crippen LogP contribution in [0.1, 0.15) is 55.6 Å². The molecule has 2 aromatic rings. The van der Waals surface area contributed by atoms with E-state index in [-0.39, 0.29) is 6.04 Å². The van der Waals surface area contributed by atoms with Crippen LogP contribution in [-0.2, 0) is 0 Å². The number of hydrogen-bond donors (Lipinski definition) is 1. The Hall–Kier alpha value is -1.75. The van der Waals surface area contributed by atoms with Gasteiger partial charge in [-0.15, -0.1) is 5.10 Å². The number of hydrogen-bond acceptors (Lipinski definition) is 3. The fraction of sp³-hybridized carbons (Fsp3) is 0.562. The van der Waals surface area contributed by atoms with Crippen molar-refractivity contribution in [3.8, 4) is 0 Å². The van der Waals surface area contributed by atoms with Crippen LogP contribution in [0.4, 0.5) is 0 Å². The molecule has 0 spiro atoms. The molecule has 0 radical (unpaired) electrons. The number of quaternary nitrogens is 1. The van der Waals surface area contributed by atoms with E-state index in [2.05, 4.69) is 64.6 Å². The maximum atomic E-state index is 4.37. The third-order valence-corrected chi connectivity index (χ3v) is 4.41. The Morgan fingerprint density at radius 3 is 2.48 bits per heavy atom. The van der Waals surface area contributed by atoms with Crippen LogP contribution in [0.15, 0.2) is 30.3 Å². The van der Waals surface area contributed by atoms with Gasteiger partial charge in [-0.25, -0.2) is 4.68 Å². The van der Waals surface area contributed by atoms with E-state index in [0.29, 0.717) is 6.04 Å². The third kappa shape index (κ3) is 2.97. The number of rotatable bonds is 4. The molecule has 5 heteroatoms. The van der Waals surface area contributed by atoms with Crippen molar-refractivity contribution in [2.75, 3.05) is 14.1 Å². The van der Waals surface area contributed by atoms with Gasteiger partial charge in [0.1, 0.15) is 0 Å². The molecule has 1 aromatic heterocycles. The van der Waals surface area contributed by atoms with Crippen molar-refractivity contribution >= 4 is 0 Å². The van der Waals surface area contributed by atoms with E-state index in [1.807, 2.05) is 0 Å². The average Bonchev–Trinajstić information content (AvgIpc) is 2.98. The number of benzene rings is 1. The second-order valence-corrected chi connectivity index (χ2v) is 6.19. The van der Waals surface area contributed by atoms with Gasteiger partial charge in [0.25, 0.3) is 0 Å². The van der Waals surface area contributed by atoms with Crippen molar-refractivity contribution in [3.63, 3.8) is 0 Å². The summed E-state index contributed by atoms with van der Waals surface area (Å²) < 4.78 is 2.09. The summed E-state index contributed by atoms with van der Waals surface area (Å²) in [6.45, 7) is 0. The molecule has 21 heavy (non-hydrogen) atoms. The van der Waals surface area contributed by atoms with Gasteiger partial charge in [0, 0.05) is 5.56 Å². The number of nitrogens with one attached hydrogen (secondary N) is 1. The Morgan fingerprint density at radius 1 is 1.10 bits per heavy atom. The van der Waals surface area contributed by atoms with Crippen molar-refractivity contribution < 1.29 is 4.90 Å². The Labute approximate surface area is 126 Å². The first kappa shape index (κ1) is 14.2. The third-order valence-electron chi connectivity index (χ3n) is 4.41. The Kier molecular flexibility index (Phi) is 4.29. The summed E-state index contributed by atoms with van der Waals surface area (Å²) in [4.78, 5) is 1.33. The predicted octanol–water partition coefficient (Wildman–Crippen LogP) is 1.41. The first-order valence-electron chi connectivity index (χ1n) is 7.90. The molecule has 112 valence electrons. The second-order valence-electron chi connectivity index (χ2n) is 6.19. The Balaban J connectivity index is 1.95. The maximum Gasteiger partial charge on any atom is 0.214 e. The predicted molar refractivity (Wildman–Crippen MR) is 81.0 cm³/mol. The molecular weight excluding hydrogens is 262 g/mol. The summed E-state index contributed by atoms with van der Waals surface area (Å²) >= 11 is 0. The Morgan fingerprint density at radius 2 is 1.81 bits per heavy atom. The van der Waals surface area contributed by atoms with Gasteiger partial charge in [-0.3, -0.25) is 0 Å². The average molecular weight is 286 g/mol. The lowest BCUT2D eigenvalue weighted by Crippen LogP contribution is -3.06. The molecule has 1 fully saturated rings. The first-order valence-corrected chi connectivity index (χ1v) is 7.90. The molecule has 3 rings (SSSR count). The number of aromatic nitrogens is 4. The summed E-state index contributed by atoms with van der Waals surface area (Å²) in [5.41, 5.74) is 1.27. The van der Waals surface area contributed by atoms with Gasteiger partial charge >= 0.3 is 0 Å². The topological polar surface area (TPSA) is 48.0 Å². The molecule has 5 nitrogen and oxygen atoms in total. The largest absolute Gasteiger partial charge is 0.327 e. The van der Waals surface area contributed by atoms with E-state index in [1.54, 1.807) is 0 Å². The van der Waals surface area contributed by atoms with Crippen LogP contribution in [0.2, 0.25) is 0 Å². The molecule has 0 unspecified atom stereocenters. The second kappa shape index (κ2) is 6.35. The summed E-state index contributed by atoms with van der Waals surface area (Å²) in [5, 5.41) is 12.7. The lowest BCUT2D eigenvalue weighted by atomic mass is 9.95. The van der Waals surface area contributed by atoms with E-state index >= 15 is 0 Å². The van der Waals surface area contributed by atoms with Crippen LogP contribution >= 0.6 is 0 Å². The van der Waals surface area contributed by atoms with Crippen molar-refractivity contribution in [1.82, 2.24) is 20.2 Å². The summed E-state index contributed by atoms with van der Waals surface area (Å²) in [7, 11) is 4.33. The van der Waals surface area contributed by atoms with Crippen LogP contribution in [-0.4, -0.2) is 34.3 Å². The SMILES string of the molecule is C[NH+](C)[C@@H](c1ccccc1)c1nnnn1C1CCCCC1. The Bertz CT molecular complexity index is 557. The molecule has 0 bridgehead atoms. The van der Waals surface area contributed by atoms with Crippen LogP contribution < -0.4 is 4.90 Å². The van der Waals surface area contributed by atoms with Gasteiger partial charge in [0.15, 0.2) is 6.04 Å². The zero-order valence-electron chi connectivity index (χ0n) is 12.9. The van der Waals surface area contributed by atoms with Crippen molar-refractivity contribution in [1.29, 1.82) is 0 Å². The zero-order chi connectivity index (χ0) is 14.7. The van der Waals surface area contributed by atoms with Crippen molar-refractivity contribution in [2.45, 2.75) is 44.2 Å². The van der Waals surface area contributed by atoms with Crippen LogP contribution in [0.3, 0.4) is 0 Å². The molecule has 1 aliphatic rings. The maximum absolute atomic E-state index is 4.37. The van der Waals surface area contributed by atoms with Crippen molar-refractivity contribution in [2.24, 2.45) is 0 Å². The number of tetrazole rings is 1. The monoisotopic (exact) mass is 286 g/mol. The first-order chi connectivity index (χ1) is 10.3. The molecule has 1 saturated carbocycles. The number of nitrogens with zero attached hydrogens (tertiary/aromatic N) is 4. The van der Waals surface area contributed by atoms with Gasteiger partial charge in [-0.05, 0) is 23.3 Å². The summed E-state index contributed by atoms with van der Waals surface area (Å²) in [5.74, 6) is 0.994. The van der Waals surface area contributed by atoms with Crippen LogP contribution in [0, 0.1) is 0 Å².